The van der Waals surface area contributed by atoms with Gasteiger partial charge in [-0.05, 0) is 25.3 Å². The third-order valence-electron chi connectivity index (χ3n) is 2.90. The van der Waals surface area contributed by atoms with Crippen LogP contribution in [-0.2, 0) is 12.1 Å². The zero-order valence-corrected chi connectivity index (χ0v) is 13.0. The first-order chi connectivity index (χ1) is 9.49. The van der Waals surface area contributed by atoms with E-state index >= 15 is 0 Å². The zero-order chi connectivity index (χ0) is 14.6. The first kappa shape index (κ1) is 15.0. The van der Waals surface area contributed by atoms with Crippen LogP contribution in [0.2, 0.25) is 0 Å². The Morgan fingerprint density at radius 1 is 1.45 bits per heavy atom. The van der Waals surface area contributed by atoms with Gasteiger partial charge in [-0.1, -0.05) is 6.07 Å². The van der Waals surface area contributed by atoms with Crippen molar-refractivity contribution in [1.29, 1.82) is 0 Å². The standard InChI is InChI=1S/C13H17N3O2S2/c1-9-10(20-8-16-9)6-14-12(17)15-7-13(2,18)11-4-3-5-19-11/h3-5,8,18H,6-7H2,1-2H3,(H2,14,15,17)/t13-/m1/s1. The molecule has 0 fully saturated rings. The lowest BCUT2D eigenvalue weighted by Gasteiger charge is -2.22. The van der Waals surface area contributed by atoms with Crippen LogP contribution in [0.3, 0.4) is 0 Å². The third-order valence-corrected chi connectivity index (χ3v) is 4.96. The van der Waals surface area contributed by atoms with Crippen LogP contribution in [0.15, 0.2) is 23.0 Å². The Labute approximate surface area is 125 Å². The molecular weight excluding hydrogens is 294 g/mol. The molecule has 0 aliphatic heterocycles. The molecule has 0 saturated carbocycles. The molecule has 20 heavy (non-hydrogen) atoms. The van der Waals surface area contributed by atoms with Crippen LogP contribution in [0.5, 0.6) is 0 Å². The number of thiazole rings is 1. The minimum atomic E-state index is -1.05. The molecule has 0 saturated heterocycles. The van der Waals surface area contributed by atoms with Crippen LogP contribution in [0.4, 0.5) is 4.79 Å². The number of carbonyl (C=O) groups is 1. The minimum Gasteiger partial charge on any atom is -0.383 e. The van der Waals surface area contributed by atoms with Gasteiger partial charge >= 0.3 is 6.03 Å². The molecule has 3 N–H and O–H groups in total. The summed E-state index contributed by atoms with van der Waals surface area (Å²) in [5.41, 5.74) is 1.64. The number of rotatable bonds is 5. The molecule has 2 heterocycles. The molecule has 2 amide bonds. The van der Waals surface area contributed by atoms with Gasteiger partial charge in [0, 0.05) is 9.75 Å². The molecule has 0 bridgehead atoms. The van der Waals surface area contributed by atoms with E-state index in [1.807, 2.05) is 24.4 Å². The van der Waals surface area contributed by atoms with Gasteiger partial charge in [0.15, 0.2) is 0 Å². The first-order valence-corrected chi connectivity index (χ1v) is 7.92. The van der Waals surface area contributed by atoms with E-state index in [0.29, 0.717) is 6.54 Å². The number of amides is 2. The maximum Gasteiger partial charge on any atom is 0.315 e. The molecule has 1 atom stereocenters. The fraction of sp³-hybridized carbons (Fsp3) is 0.385. The molecule has 5 nitrogen and oxygen atoms in total. The molecule has 0 radical (unpaired) electrons. The maximum absolute atomic E-state index is 11.7. The SMILES string of the molecule is Cc1ncsc1CNC(=O)NC[C@@](C)(O)c1cccs1. The fourth-order valence-corrected chi connectivity index (χ4v) is 3.15. The van der Waals surface area contributed by atoms with Crippen LogP contribution in [0.25, 0.3) is 0 Å². The Kier molecular flexibility index (Phi) is 4.74. The molecule has 2 rings (SSSR count). The lowest BCUT2D eigenvalue weighted by Crippen LogP contribution is -2.42. The van der Waals surface area contributed by atoms with Crippen molar-refractivity contribution in [2.45, 2.75) is 26.0 Å². The number of thiophene rings is 1. The van der Waals surface area contributed by atoms with E-state index in [0.717, 1.165) is 15.4 Å². The average Bonchev–Trinajstić information content (AvgIpc) is 3.05. The lowest BCUT2D eigenvalue weighted by molar-refractivity contribution is 0.0631. The molecule has 7 heteroatoms. The van der Waals surface area contributed by atoms with Gasteiger partial charge < -0.3 is 15.7 Å². The number of aryl methyl sites for hydroxylation is 1. The predicted molar refractivity (Wildman–Crippen MR) is 81.0 cm³/mol. The maximum atomic E-state index is 11.7. The number of nitrogens with one attached hydrogen (secondary N) is 2. The fourth-order valence-electron chi connectivity index (χ4n) is 1.64. The zero-order valence-electron chi connectivity index (χ0n) is 11.3. The third kappa shape index (κ3) is 3.78. The molecule has 0 aliphatic rings. The molecule has 0 aliphatic carbocycles. The van der Waals surface area contributed by atoms with E-state index < -0.39 is 5.60 Å². The molecule has 0 spiro atoms. The number of aliphatic hydroxyl groups is 1. The Morgan fingerprint density at radius 2 is 2.25 bits per heavy atom. The smallest absolute Gasteiger partial charge is 0.315 e. The average molecular weight is 311 g/mol. The molecule has 0 unspecified atom stereocenters. The van der Waals surface area contributed by atoms with Gasteiger partial charge in [0.25, 0.3) is 0 Å². The van der Waals surface area contributed by atoms with Crippen LogP contribution >= 0.6 is 22.7 Å². The Bertz CT molecular complexity index is 564. The van der Waals surface area contributed by atoms with Crippen molar-refractivity contribution in [2.24, 2.45) is 0 Å². The highest BCUT2D eigenvalue weighted by Gasteiger charge is 2.24. The largest absolute Gasteiger partial charge is 0.383 e. The highest BCUT2D eigenvalue weighted by atomic mass is 32.1. The molecule has 2 aromatic rings. The van der Waals surface area contributed by atoms with Gasteiger partial charge in [0.1, 0.15) is 5.60 Å². The molecule has 108 valence electrons. The van der Waals surface area contributed by atoms with Crippen LogP contribution in [0.1, 0.15) is 22.4 Å². The van der Waals surface area contributed by atoms with Crippen molar-refractivity contribution in [3.05, 3.63) is 38.5 Å². The molecule has 2 aromatic heterocycles. The quantitative estimate of drug-likeness (QED) is 0.792. The van der Waals surface area contributed by atoms with E-state index in [-0.39, 0.29) is 12.6 Å². The van der Waals surface area contributed by atoms with E-state index in [1.165, 1.54) is 22.7 Å². The second kappa shape index (κ2) is 6.34. The summed E-state index contributed by atoms with van der Waals surface area (Å²) in [7, 11) is 0. The highest BCUT2D eigenvalue weighted by Crippen LogP contribution is 2.24. The van der Waals surface area contributed by atoms with E-state index in [9.17, 15) is 9.90 Å². The Morgan fingerprint density at radius 3 is 2.85 bits per heavy atom. The summed E-state index contributed by atoms with van der Waals surface area (Å²) in [6, 6.07) is 3.43. The summed E-state index contributed by atoms with van der Waals surface area (Å²) in [4.78, 5) is 17.7. The topological polar surface area (TPSA) is 74.2 Å². The number of hydrogen-bond donors (Lipinski definition) is 3. The van der Waals surface area contributed by atoms with Gasteiger partial charge in [-0.25, -0.2) is 9.78 Å². The summed E-state index contributed by atoms with van der Waals surface area (Å²) < 4.78 is 0. The van der Waals surface area contributed by atoms with E-state index in [4.69, 9.17) is 0 Å². The van der Waals surface area contributed by atoms with Gasteiger partial charge in [0.05, 0.1) is 24.3 Å². The highest BCUT2D eigenvalue weighted by molar-refractivity contribution is 7.10. The first-order valence-electron chi connectivity index (χ1n) is 6.16. The second-order valence-corrected chi connectivity index (χ2v) is 6.54. The summed E-state index contributed by atoms with van der Waals surface area (Å²) in [6.45, 7) is 4.21. The van der Waals surface area contributed by atoms with Crippen LogP contribution in [0, 0.1) is 6.92 Å². The number of carbonyl (C=O) groups excluding carboxylic acids is 1. The second-order valence-electron chi connectivity index (χ2n) is 4.65. The van der Waals surface area contributed by atoms with Gasteiger partial charge in [-0.3, -0.25) is 0 Å². The van der Waals surface area contributed by atoms with Gasteiger partial charge in [-0.2, -0.15) is 0 Å². The lowest BCUT2D eigenvalue weighted by atomic mass is 10.1. The van der Waals surface area contributed by atoms with Crippen molar-refractivity contribution >= 4 is 28.7 Å². The van der Waals surface area contributed by atoms with Crippen molar-refractivity contribution in [3.63, 3.8) is 0 Å². The molecule has 0 aromatic carbocycles. The summed E-state index contributed by atoms with van der Waals surface area (Å²) >= 11 is 2.98. The minimum absolute atomic E-state index is 0.168. The number of nitrogens with zero attached hydrogens (tertiary/aromatic N) is 1. The van der Waals surface area contributed by atoms with Crippen molar-refractivity contribution in [2.75, 3.05) is 6.54 Å². The van der Waals surface area contributed by atoms with Crippen LogP contribution in [-0.4, -0.2) is 22.7 Å². The van der Waals surface area contributed by atoms with Crippen LogP contribution < -0.4 is 10.6 Å². The number of hydrogen-bond acceptors (Lipinski definition) is 5. The Balaban J connectivity index is 1.79. The summed E-state index contributed by atoms with van der Waals surface area (Å²) in [5.74, 6) is 0. The monoisotopic (exact) mass is 311 g/mol. The number of aromatic nitrogens is 1. The normalized spacial score (nSPS) is 13.8. The predicted octanol–water partition coefficient (Wildman–Crippen LogP) is 2.22. The van der Waals surface area contributed by atoms with Gasteiger partial charge in [-0.15, -0.1) is 22.7 Å². The summed E-state index contributed by atoms with van der Waals surface area (Å²) in [5, 5.41) is 17.6. The van der Waals surface area contributed by atoms with E-state index in [2.05, 4.69) is 15.6 Å². The molecular formula is C13H17N3O2S2. The number of urea groups is 1. The van der Waals surface area contributed by atoms with E-state index in [1.54, 1.807) is 12.4 Å². The summed E-state index contributed by atoms with van der Waals surface area (Å²) in [6.07, 6.45) is 0. The van der Waals surface area contributed by atoms with Crippen molar-refractivity contribution in [1.82, 2.24) is 15.6 Å². The van der Waals surface area contributed by atoms with Gasteiger partial charge in [0.2, 0.25) is 0 Å². The van der Waals surface area contributed by atoms with Crippen molar-refractivity contribution in [3.8, 4) is 0 Å². The Hall–Kier alpha value is -1.44. The van der Waals surface area contributed by atoms with Crippen molar-refractivity contribution < 1.29 is 9.90 Å².